The van der Waals surface area contributed by atoms with Gasteiger partial charge in [0.15, 0.2) is 0 Å². The van der Waals surface area contributed by atoms with Crippen molar-refractivity contribution in [3.05, 3.63) is 27.9 Å². The van der Waals surface area contributed by atoms with Crippen LogP contribution in [0.15, 0.2) is 12.3 Å². The molecule has 0 saturated carbocycles. The minimum Gasteiger partial charge on any atom is -0.477 e. The van der Waals surface area contributed by atoms with E-state index in [1.165, 1.54) is 6.07 Å². The van der Waals surface area contributed by atoms with Gasteiger partial charge < -0.3 is 14.9 Å². The van der Waals surface area contributed by atoms with Crippen LogP contribution in [0.4, 0.5) is 11.5 Å². The van der Waals surface area contributed by atoms with Crippen LogP contribution in [0.25, 0.3) is 0 Å². The van der Waals surface area contributed by atoms with Gasteiger partial charge in [0.25, 0.3) is 0 Å². The fraction of sp³-hybridized carbons (Fsp3) is 0.500. The molecule has 20 heavy (non-hydrogen) atoms. The molecule has 1 aliphatic heterocycles. The Morgan fingerprint density at radius 1 is 1.60 bits per heavy atom. The first-order valence-corrected chi connectivity index (χ1v) is 6.19. The van der Waals surface area contributed by atoms with Gasteiger partial charge in [-0.2, -0.15) is 0 Å². The zero-order valence-corrected chi connectivity index (χ0v) is 11.3. The molecule has 0 aromatic carbocycles. The molecule has 0 spiro atoms. The Kier molecular flexibility index (Phi) is 3.84. The van der Waals surface area contributed by atoms with Gasteiger partial charge >= 0.3 is 11.7 Å². The average Bonchev–Trinajstić information content (AvgIpc) is 2.87. The summed E-state index contributed by atoms with van der Waals surface area (Å²) < 4.78 is 0. The van der Waals surface area contributed by atoms with Gasteiger partial charge in [-0.1, -0.05) is 0 Å². The first-order chi connectivity index (χ1) is 9.40. The summed E-state index contributed by atoms with van der Waals surface area (Å²) in [6.07, 6.45) is 1.97. The van der Waals surface area contributed by atoms with E-state index in [1.807, 2.05) is 19.0 Å². The zero-order valence-electron chi connectivity index (χ0n) is 11.3. The van der Waals surface area contributed by atoms with E-state index < -0.39 is 16.6 Å². The summed E-state index contributed by atoms with van der Waals surface area (Å²) in [5.74, 6) is -0.846. The topological polar surface area (TPSA) is 99.8 Å². The van der Waals surface area contributed by atoms with Gasteiger partial charge in [0.1, 0.15) is 17.6 Å². The second-order valence-corrected chi connectivity index (χ2v) is 4.97. The van der Waals surface area contributed by atoms with Crippen LogP contribution in [0, 0.1) is 10.1 Å². The minimum atomic E-state index is -1.32. The van der Waals surface area contributed by atoms with E-state index in [9.17, 15) is 14.9 Å². The van der Waals surface area contributed by atoms with Crippen molar-refractivity contribution in [2.45, 2.75) is 12.5 Å². The Hall–Kier alpha value is -2.22. The monoisotopic (exact) mass is 280 g/mol. The molecule has 0 aliphatic carbocycles. The SMILES string of the molecule is CN(C)C1CCN(c2cc(C(=O)O)c([N+](=O)[O-])cn2)C1. The Labute approximate surface area is 115 Å². The van der Waals surface area contributed by atoms with E-state index in [-0.39, 0.29) is 5.56 Å². The Morgan fingerprint density at radius 2 is 2.30 bits per heavy atom. The maximum absolute atomic E-state index is 11.1. The van der Waals surface area contributed by atoms with E-state index >= 15 is 0 Å². The molecule has 8 nitrogen and oxygen atoms in total. The second-order valence-electron chi connectivity index (χ2n) is 4.97. The molecule has 1 unspecified atom stereocenters. The number of aromatic carboxylic acids is 1. The highest BCUT2D eigenvalue weighted by atomic mass is 16.6. The molecule has 1 aliphatic rings. The summed E-state index contributed by atoms with van der Waals surface area (Å²) in [4.78, 5) is 29.2. The van der Waals surface area contributed by atoms with Gasteiger partial charge in [-0.05, 0) is 20.5 Å². The number of hydrogen-bond donors (Lipinski definition) is 1. The summed E-state index contributed by atoms with van der Waals surface area (Å²) in [5.41, 5.74) is -0.807. The highest BCUT2D eigenvalue weighted by Gasteiger charge is 2.27. The third-order valence-corrected chi connectivity index (χ3v) is 3.51. The first kappa shape index (κ1) is 14.2. The van der Waals surface area contributed by atoms with Crippen LogP contribution in [-0.4, -0.2) is 59.1 Å². The number of hydrogen-bond acceptors (Lipinski definition) is 6. The molecule has 1 aromatic heterocycles. The van der Waals surface area contributed by atoms with E-state index in [1.54, 1.807) is 0 Å². The second kappa shape index (κ2) is 5.41. The molecule has 0 radical (unpaired) electrons. The fourth-order valence-corrected chi connectivity index (χ4v) is 2.30. The quantitative estimate of drug-likeness (QED) is 0.644. The summed E-state index contributed by atoms with van der Waals surface area (Å²) in [5, 5.41) is 19.8. The molecule has 1 saturated heterocycles. The van der Waals surface area contributed by atoms with Crippen LogP contribution >= 0.6 is 0 Å². The Balaban J connectivity index is 2.28. The van der Waals surface area contributed by atoms with Gasteiger partial charge in [-0.15, -0.1) is 0 Å². The molecule has 0 bridgehead atoms. The standard InChI is InChI=1S/C12H16N4O4/c1-14(2)8-3-4-15(7-8)11-5-9(12(17)18)10(6-13-11)16(19)20/h5-6,8H,3-4,7H2,1-2H3,(H,17,18). The highest BCUT2D eigenvalue weighted by Crippen LogP contribution is 2.25. The molecule has 1 atom stereocenters. The van der Waals surface area contributed by atoms with Crippen molar-refractivity contribution in [3.8, 4) is 0 Å². The number of nitrogens with zero attached hydrogens (tertiary/aromatic N) is 4. The lowest BCUT2D eigenvalue weighted by Gasteiger charge is -2.21. The van der Waals surface area contributed by atoms with Gasteiger partial charge in [0, 0.05) is 25.2 Å². The molecular weight excluding hydrogens is 264 g/mol. The minimum absolute atomic E-state index is 0.326. The molecule has 108 valence electrons. The summed E-state index contributed by atoms with van der Waals surface area (Å²) in [7, 11) is 3.97. The summed E-state index contributed by atoms with van der Waals surface area (Å²) in [6.45, 7) is 1.49. The van der Waals surface area contributed by atoms with Crippen molar-refractivity contribution >= 4 is 17.5 Å². The van der Waals surface area contributed by atoms with Crippen LogP contribution < -0.4 is 4.90 Å². The average molecular weight is 280 g/mol. The third kappa shape index (κ3) is 2.69. The van der Waals surface area contributed by atoms with Gasteiger partial charge in [0.2, 0.25) is 0 Å². The molecular formula is C12H16N4O4. The molecule has 8 heteroatoms. The van der Waals surface area contributed by atoms with E-state index in [2.05, 4.69) is 9.88 Å². The Bertz CT molecular complexity index is 546. The molecule has 0 amide bonds. The number of aromatic nitrogens is 1. The largest absolute Gasteiger partial charge is 0.477 e. The predicted octanol–water partition coefficient (Wildman–Crippen LogP) is 0.828. The molecule has 1 fully saturated rings. The lowest BCUT2D eigenvalue weighted by Crippen LogP contribution is -2.31. The molecule has 1 aromatic rings. The van der Waals surface area contributed by atoms with Crippen LogP contribution in [-0.2, 0) is 0 Å². The smallest absolute Gasteiger partial charge is 0.342 e. The number of rotatable bonds is 4. The third-order valence-electron chi connectivity index (χ3n) is 3.51. The van der Waals surface area contributed by atoms with Crippen molar-refractivity contribution in [1.29, 1.82) is 0 Å². The predicted molar refractivity (Wildman–Crippen MR) is 72.2 cm³/mol. The van der Waals surface area contributed by atoms with Crippen LogP contribution in [0.5, 0.6) is 0 Å². The van der Waals surface area contributed by atoms with E-state index in [0.29, 0.717) is 11.9 Å². The lowest BCUT2D eigenvalue weighted by atomic mass is 10.2. The van der Waals surface area contributed by atoms with Crippen molar-refractivity contribution in [1.82, 2.24) is 9.88 Å². The van der Waals surface area contributed by atoms with Gasteiger partial charge in [-0.25, -0.2) is 9.78 Å². The zero-order chi connectivity index (χ0) is 14.9. The summed E-state index contributed by atoms with van der Waals surface area (Å²) in [6, 6.07) is 1.65. The molecule has 2 rings (SSSR count). The van der Waals surface area contributed by atoms with Crippen molar-refractivity contribution < 1.29 is 14.8 Å². The van der Waals surface area contributed by atoms with Gasteiger partial charge in [-0.3, -0.25) is 10.1 Å². The number of carboxylic acids is 1. The van der Waals surface area contributed by atoms with E-state index in [0.717, 1.165) is 25.7 Å². The lowest BCUT2D eigenvalue weighted by molar-refractivity contribution is -0.385. The summed E-state index contributed by atoms with van der Waals surface area (Å²) >= 11 is 0. The van der Waals surface area contributed by atoms with Crippen molar-refractivity contribution in [3.63, 3.8) is 0 Å². The van der Waals surface area contributed by atoms with Crippen molar-refractivity contribution in [2.75, 3.05) is 32.1 Å². The number of carbonyl (C=O) groups is 1. The normalized spacial score (nSPS) is 18.6. The maximum atomic E-state index is 11.1. The van der Waals surface area contributed by atoms with Crippen LogP contribution in [0.3, 0.4) is 0 Å². The van der Waals surface area contributed by atoms with Crippen LogP contribution in [0.2, 0.25) is 0 Å². The van der Waals surface area contributed by atoms with E-state index in [4.69, 9.17) is 5.11 Å². The number of pyridine rings is 1. The first-order valence-electron chi connectivity index (χ1n) is 6.19. The fourth-order valence-electron chi connectivity index (χ4n) is 2.30. The van der Waals surface area contributed by atoms with Gasteiger partial charge in [0.05, 0.1) is 4.92 Å². The number of anilines is 1. The number of carboxylic acid groups (broad SMARTS) is 1. The molecule has 1 N–H and O–H groups in total. The number of likely N-dealkylation sites (N-methyl/N-ethyl adjacent to an activating group) is 1. The Morgan fingerprint density at radius 3 is 2.80 bits per heavy atom. The van der Waals surface area contributed by atoms with Crippen LogP contribution in [0.1, 0.15) is 16.8 Å². The highest BCUT2D eigenvalue weighted by molar-refractivity contribution is 5.93. The van der Waals surface area contributed by atoms with Crippen molar-refractivity contribution in [2.24, 2.45) is 0 Å². The number of nitro groups is 1. The maximum Gasteiger partial charge on any atom is 0.342 e. The molecule has 2 heterocycles.